The van der Waals surface area contributed by atoms with Crippen molar-refractivity contribution in [3.05, 3.63) is 11.7 Å². The van der Waals surface area contributed by atoms with Gasteiger partial charge in [0.2, 0.25) is 5.89 Å². The van der Waals surface area contributed by atoms with Gasteiger partial charge < -0.3 is 9.26 Å². The summed E-state index contributed by atoms with van der Waals surface area (Å²) in [6, 6.07) is 0.723. The fourth-order valence-electron chi connectivity index (χ4n) is 3.93. The predicted octanol–water partition coefficient (Wildman–Crippen LogP) is 2.02. The number of aromatic nitrogens is 2. The van der Waals surface area contributed by atoms with Crippen LogP contribution in [-0.2, 0) is 11.3 Å². The first-order valence-corrected chi connectivity index (χ1v) is 9.25. The van der Waals surface area contributed by atoms with E-state index in [1.54, 1.807) is 0 Å². The SMILES string of the molecule is C1CC(c2noc(CN3CCC(N4CCCOCC4)CC3)n2)C1. The first kappa shape index (κ1) is 15.5. The maximum atomic E-state index is 5.57. The molecule has 128 valence electrons. The van der Waals surface area contributed by atoms with Gasteiger partial charge in [0.1, 0.15) is 0 Å². The quantitative estimate of drug-likeness (QED) is 0.846. The van der Waals surface area contributed by atoms with Crippen molar-refractivity contribution >= 4 is 0 Å². The smallest absolute Gasteiger partial charge is 0.240 e. The molecule has 0 spiro atoms. The molecule has 2 saturated heterocycles. The number of hydrogen-bond acceptors (Lipinski definition) is 6. The summed E-state index contributed by atoms with van der Waals surface area (Å²) in [6.07, 6.45) is 7.41. The van der Waals surface area contributed by atoms with Crippen LogP contribution in [0.3, 0.4) is 0 Å². The number of likely N-dealkylation sites (tertiary alicyclic amines) is 1. The molecule has 4 rings (SSSR count). The van der Waals surface area contributed by atoms with Crippen molar-refractivity contribution in [2.45, 2.75) is 57.0 Å². The van der Waals surface area contributed by atoms with Crippen molar-refractivity contribution in [2.75, 3.05) is 39.4 Å². The van der Waals surface area contributed by atoms with Gasteiger partial charge in [-0.15, -0.1) is 0 Å². The molecule has 3 aliphatic rings. The molecule has 3 fully saturated rings. The Labute approximate surface area is 138 Å². The fourth-order valence-corrected chi connectivity index (χ4v) is 3.93. The summed E-state index contributed by atoms with van der Waals surface area (Å²) in [4.78, 5) is 9.69. The molecule has 6 nitrogen and oxygen atoms in total. The minimum atomic E-state index is 0.559. The van der Waals surface area contributed by atoms with E-state index in [0.29, 0.717) is 5.92 Å². The van der Waals surface area contributed by atoms with Gasteiger partial charge in [0.25, 0.3) is 0 Å². The van der Waals surface area contributed by atoms with Gasteiger partial charge in [-0.3, -0.25) is 9.80 Å². The number of ether oxygens (including phenoxy) is 1. The van der Waals surface area contributed by atoms with Gasteiger partial charge >= 0.3 is 0 Å². The molecule has 0 unspecified atom stereocenters. The van der Waals surface area contributed by atoms with Gasteiger partial charge in [0.15, 0.2) is 5.82 Å². The van der Waals surface area contributed by atoms with Crippen LogP contribution in [0.15, 0.2) is 4.52 Å². The van der Waals surface area contributed by atoms with Crippen molar-refractivity contribution in [3.63, 3.8) is 0 Å². The van der Waals surface area contributed by atoms with Crippen molar-refractivity contribution in [2.24, 2.45) is 0 Å². The lowest BCUT2D eigenvalue weighted by Crippen LogP contribution is -2.45. The lowest BCUT2D eigenvalue weighted by atomic mass is 9.85. The molecule has 1 aromatic rings. The van der Waals surface area contributed by atoms with Crippen LogP contribution in [0.5, 0.6) is 0 Å². The molecule has 0 radical (unpaired) electrons. The van der Waals surface area contributed by atoms with Crippen LogP contribution in [-0.4, -0.2) is 65.4 Å². The number of rotatable bonds is 4. The lowest BCUT2D eigenvalue weighted by molar-refractivity contribution is 0.0898. The van der Waals surface area contributed by atoms with Gasteiger partial charge in [0.05, 0.1) is 13.2 Å². The molecule has 0 atom stereocenters. The highest BCUT2D eigenvalue weighted by molar-refractivity contribution is 4.99. The summed E-state index contributed by atoms with van der Waals surface area (Å²) in [6.45, 7) is 7.18. The van der Waals surface area contributed by atoms with E-state index in [0.717, 1.165) is 57.1 Å². The van der Waals surface area contributed by atoms with E-state index in [1.807, 2.05) is 0 Å². The Morgan fingerprint density at radius 2 is 1.83 bits per heavy atom. The first-order valence-electron chi connectivity index (χ1n) is 9.25. The van der Waals surface area contributed by atoms with Crippen molar-refractivity contribution in [1.29, 1.82) is 0 Å². The van der Waals surface area contributed by atoms with Gasteiger partial charge in [-0.2, -0.15) is 4.98 Å². The third-order valence-electron chi connectivity index (χ3n) is 5.64. The molecule has 1 aromatic heterocycles. The van der Waals surface area contributed by atoms with Gasteiger partial charge in [-0.1, -0.05) is 11.6 Å². The van der Waals surface area contributed by atoms with Gasteiger partial charge in [0, 0.05) is 44.7 Å². The van der Waals surface area contributed by atoms with Crippen LogP contribution in [0.25, 0.3) is 0 Å². The second-order valence-corrected chi connectivity index (χ2v) is 7.18. The molecular weight excluding hydrogens is 292 g/mol. The van der Waals surface area contributed by atoms with E-state index in [9.17, 15) is 0 Å². The van der Waals surface area contributed by atoms with E-state index in [4.69, 9.17) is 9.26 Å². The van der Waals surface area contributed by atoms with Gasteiger partial charge in [-0.25, -0.2) is 0 Å². The van der Waals surface area contributed by atoms with Crippen LogP contribution in [0.4, 0.5) is 0 Å². The Kier molecular flexibility index (Phi) is 4.92. The standard InChI is InChI=1S/C17H28N4O2/c1-3-14(4-1)17-18-16(23-19-17)13-20-8-5-15(6-9-20)21-7-2-11-22-12-10-21/h14-15H,1-13H2. The van der Waals surface area contributed by atoms with Crippen LogP contribution < -0.4 is 0 Å². The zero-order valence-corrected chi connectivity index (χ0v) is 14.0. The molecule has 23 heavy (non-hydrogen) atoms. The van der Waals surface area contributed by atoms with E-state index in [1.165, 1.54) is 45.1 Å². The fraction of sp³-hybridized carbons (Fsp3) is 0.882. The monoisotopic (exact) mass is 320 g/mol. The van der Waals surface area contributed by atoms with E-state index >= 15 is 0 Å². The molecule has 2 aliphatic heterocycles. The molecule has 1 saturated carbocycles. The highest BCUT2D eigenvalue weighted by Crippen LogP contribution is 2.34. The Morgan fingerprint density at radius 3 is 2.61 bits per heavy atom. The Hall–Kier alpha value is -0.980. The van der Waals surface area contributed by atoms with Crippen molar-refractivity contribution in [1.82, 2.24) is 19.9 Å². The third kappa shape index (κ3) is 3.75. The molecule has 0 amide bonds. The summed E-state index contributed by atoms with van der Waals surface area (Å²) in [5.74, 6) is 2.29. The normalized spacial score (nSPS) is 26.1. The van der Waals surface area contributed by atoms with Crippen molar-refractivity contribution < 1.29 is 9.26 Å². The van der Waals surface area contributed by atoms with Crippen LogP contribution in [0.1, 0.15) is 56.2 Å². The number of nitrogens with zero attached hydrogens (tertiary/aromatic N) is 4. The van der Waals surface area contributed by atoms with Gasteiger partial charge in [-0.05, 0) is 32.1 Å². The Morgan fingerprint density at radius 1 is 0.957 bits per heavy atom. The Bertz CT molecular complexity index is 487. The summed E-state index contributed by atoms with van der Waals surface area (Å²) >= 11 is 0. The second-order valence-electron chi connectivity index (χ2n) is 7.18. The highest BCUT2D eigenvalue weighted by Gasteiger charge is 2.27. The third-order valence-corrected chi connectivity index (χ3v) is 5.64. The minimum absolute atomic E-state index is 0.559. The van der Waals surface area contributed by atoms with E-state index in [2.05, 4.69) is 19.9 Å². The molecule has 1 aliphatic carbocycles. The van der Waals surface area contributed by atoms with E-state index in [-0.39, 0.29) is 0 Å². The first-order chi connectivity index (χ1) is 11.4. The number of piperidine rings is 1. The zero-order valence-electron chi connectivity index (χ0n) is 14.0. The molecule has 6 heteroatoms. The summed E-state index contributed by atoms with van der Waals surface area (Å²) in [7, 11) is 0. The maximum Gasteiger partial charge on any atom is 0.240 e. The average molecular weight is 320 g/mol. The zero-order chi connectivity index (χ0) is 15.5. The number of hydrogen-bond donors (Lipinski definition) is 0. The molecular formula is C17H28N4O2. The topological polar surface area (TPSA) is 54.6 Å². The molecule has 0 aromatic carbocycles. The predicted molar refractivity (Wildman–Crippen MR) is 86.2 cm³/mol. The lowest BCUT2D eigenvalue weighted by Gasteiger charge is -2.37. The largest absolute Gasteiger partial charge is 0.380 e. The summed E-state index contributed by atoms with van der Waals surface area (Å²) < 4.78 is 11.0. The maximum absolute atomic E-state index is 5.57. The van der Waals surface area contributed by atoms with E-state index < -0.39 is 0 Å². The molecule has 0 N–H and O–H groups in total. The average Bonchev–Trinajstić information content (AvgIpc) is 2.80. The molecule has 0 bridgehead atoms. The summed E-state index contributed by atoms with van der Waals surface area (Å²) in [5, 5.41) is 4.17. The van der Waals surface area contributed by atoms with Crippen LogP contribution >= 0.6 is 0 Å². The van der Waals surface area contributed by atoms with Crippen LogP contribution in [0.2, 0.25) is 0 Å². The van der Waals surface area contributed by atoms with Crippen molar-refractivity contribution in [3.8, 4) is 0 Å². The second kappa shape index (κ2) is 7.28. The highest BCUT2D eigenvalue weighted by atomic mass is 16.5. The molecule has 3 heterocycles. The minimum Gasteiger partial charge on any atom is -0.380 e. The Balaban J connectivity index is 1.25. The van der Waals surface area contributed by atoms with Crippen LogP contribution in [0, 0.1) is 0 Å². The summed E-state index contributed by atoms with van der Waals surface area (Å²) in [5.41, 5.74) is 0.